The third kappa shape index (κ3) is 5.32. The predicted octanol–water partition coefficient (Wildman–Crippen LogP) is 1.24. The summed E-state index contributed by atoms with van der Waals surface area (Å²) in [5.41, 5.74) is 2.19. The molecule has 1 heterocycles. The summed E-state index contributed by atoms with van der Waals surface area (Å²) in [7, 11) is 0.545. The van der Waals surface area contributed by atoms with Gasteiger partial charge in [-0.05, 0) is 17.7 Å². The second kappa shape index (κ2) is 8.30. The molecule has 130 valence electrons. The number of hydrogen-bond donors (Lipinski definition) is 1. The molecule has 23 heavy (non-hydrogen) atoms. The first kappa shape index (κ1) is 18.5. The third-order valence-corrected chi connectivity index (χ3v) is 5.68. The van der Waals surface area contributed by atoms with Gasteiger partial charge in [0.25, 0.3) is 0 Å². The molecular formula is C15H24ClN3O3S. The number of morpholine rings is 1. The Balaban J connectivity index is 2.17. The maximum Gasteiger partial charge on any atom is 0.225 e. The average Bonchev–Trinajstić information content (AvgIpc) is 2.56. The van der Waals surface area contributed by atoms with E-state index in [2.05, 4.69) is 9.62 Å². The van der Waals surface area contributed by atoms with Gasteiger partial charge in [0.15, 0.2) is 0 Å². The molecule has 0 aliphatic carbocycles. The third-order valence-electron chi connectivity index (χ3n) is 3.92. The average molecular weight is 362 g/mol. The summed E-state index contributed by atoms with van der Waals surface area (Å²) in [6.45, 7) is 3.19. The van der Waals surface area contributed by atoms with Gasteiger partial charge in [-0.2, -0.15) is 0 Å². The van der Waals surface area contributed by atoms with Crippen molar-refractivity contribution in [2.45, 2.75) is 6.04 Å². The highest BCUT2D eigenvalue weighted by Gasteiger charge is 2.24. The van der Waals surface area contributed by atoms with Gasteiger partial charge < -0.3 is 9.64 Å². The van der Waals surface area contributed by atoms with Gasteiger partial charge in [0, 0.05) is 45.5 Å². The van der Waals surface area contributed by atoms with Crippen molar-refractivity contribution >= 4 is 27.3 Å². The number of sulfonamides is 1. The van der Waals surface area contributed by atoms with Crippen molar-refractivity contribution in [3.63, 3.8) is 0 Å². The summed E-state index contributed by atoms with van der Waals surface area (Å²) in [5.74, 6) is 0. The molecule has 0 unspecified atom stereocenters. The fourth-order valence-electron chi connectivity index (χ4n) is 2.59. The van der Waals surface area contributed by atoms with Crippen LogP contribution in [0.5, 0.6) is 0 Å². The van der Waals surface area contributed by atoms with Gasteiger partial charge in [0.2, 0.25) is 10.0 Å². The van der Waals surface area contributed by atoms with Gasteiger partial charge in [-0.15, -0.1) is 11.6 Å². The van der Waals surface area contributed by atoms with Gasteiger partial charge in [-0.25, -0.2) is 13.1 Å². The van der Waals surface area contributed by atoms with Crippen LogP contribution in [-0.2, 0) is 14.8 Å². The molecule has 0 bridgehead atoms. The number of anilines is 1. The van der Waals surface area contributed by atoms with Crippen LogP contribution in [-0.4, -0.2) is 65.5 Å². The predicted molar refractivity (Wildman–Crippen MR) is 93.5 cm³/mol. The molecule has 8 heteroatoms. The molecule has 0 aromatic heterocycles. The Labute approximate surface area is 143 Å². The van der Waals surface area contributed by atoms with Crippen molar-refractivity contribution in [1.29, 1.82) is 0 Å². The van der Waals surface area contributed by atoms with Gasteiger partial charge >= 0.3 is 0 Å². The van der Waals surface area contributed by atoms with E-state index in [9.17, 15) is 8.42 Å². The smallest absolute Gasteiger partial charge is 0.225 e. The zero-order valence-corrected chi connectivity index (χ0v) is 15.1. The van der Waals surface area contributed by atoms with Crippen LogP contribution in [0, 0.1) is 0 Å². The summed E-state index contributed by atoms with van der Waals surface area (Å²) >= 11 is 5.47. The second-order valence-electron chi connectivity index (χ2n) is 5.72. The number of rotatable bonds is 7. The van der Waals surface area contributed by atoms with E-state index in [0.29, 0.717) is 19.8 Å². The largest absolute Gasteiger partial charge is 0.379 e. The van der Waals surface area contributed by atoms with Crippen LogP contribution in [0.25, 0.3) is 0 Å². The highest BCUT2D eigenvalue weighted by Crippen LogP contribution is 2.24. The monoisotopic (exact) mass is 361 g/mol. The summed E-state index contributed by atoms with van der Waals surface area (Å²) < 4.78 is 31.3. The molecule has 0 spiro atoms. The van der Waals surface area contributed by atoms with E-state index in [4.69, 9.17) is 16.3 Å². The van der Waals surface area contributed by atoms with Crippen LogP contribution in [0.3, 0.4) is 0 Å². The van der Waals surface area contributed by atoms with Gasteiger partial charge in [0.05, 0.1) is 13.2 Å². The van der Waals surface area contributed by atoms with E-state index >= 15 is 0 Å². The Bertz CT molecular complexity index is 586. The molecule has 1 aliphatic rings. The van der Waals surface area contributed by atoms with Crippen LogP contribution in [0.2, 0.25) is 0 Å². The van der Waals surface area contributed by atoms with Gasteiger partial charge in [-0.3, -0.25) is 4.90 Å². The number of nitrogens with zero attached hydrogens (tertiary/aromatic N) is 2. The molecule has 6 nitrogen and oxygen atoms in total. The molecule has 1 atom stereocenters. The van der Waals surface area contributed by atoms with Crippen LogP contribution < -0.4 is 9.62 Å². The first-order chi connectivity index (χ1) is 10.9. The molecule has 1 N–H and O–H groups in total. The Morgan fingerprint density at radius 2 is 1.87 bits per heavy atom. The number of benzene rings is 1. The van der Waals surface area contributed by atoms with Crippen molar-refractivity contribution in [3.05, 3.63) is 29.8 Å². The van der Waals surface area contributed by atoms with E-state index in [1.165, 1.54) is 0 Å². The lowest BCUT2D eigenvalue weighted by Gasteiger charge is -2.35. The molecule has 0 saturated carbocycles. The van der Waals surface area contributed by atoms with Crippen LogP contribution in [0.15, 0.2) is 24.3 Å². The molecule has 2 rings (SSSR count). The van der Waals surface area contributed by atoms with Crippen LogP contribution in [0.4, 0.5) is 5.69 Å². The van der Waals surface area contributed by atoms with E-state index in [0.717, 1.165) is 24.3 Å². The van der Waals surface area contributed by atoms with Crippen molar-refractivity contribution < 1.29 is 13.2 Å². The molecule has 1 aliphatic heterocycles. The summed E-state index contributed by atoms with van der Waals surface area (Å²) in [6, 6.07) is 8.14. The van der Waals surface area contributed by atoms with Crippen LogP contribution >= 0.6 is 11.6 Å². The Kier molecular flexibility index (Phi) is 6.67. The summed E-state index contributed by atoms with van der Waals surface area (Å²) in [5, 5.41) is -0.428. The minimum atomic E-state index is -3.43. The summed E-state index contributed by atoms with van der Waals surface area (Å²) in [6.07, 6.45) is 0. The molecule has 0 radical (unpaired) electrons. The van der Waals surface area contributed by atoms with Gasteiger partial charge in [0.1, 0.15) is 5.21 Å². The van der Waals surface area contributed by atoms with E-state index in [-0.39, 0.29) is 6.04 Å². The zero-order valence-electron chi connectivity index (χ0n) is 13.5. The minimum Gasteiger partial charge on any atom is -0.379 e. The number of ether oxygens (including phenoxy) is 1. The van der Waals surface area contributed by atoms with E-state index in [1.54, 1.807) is 0 Å². The SMILES string of the molecule is CN(C)c1ccc([C@@H](CNS(=O)(=O)CCl)N2CCOCC2)cc1. The lowest BCUT2D eigenvalue weighted by Crippen LogP contribution is -2.43. The number of nitrogens with one attached hydrogen (secondary N) is 1. The number of halogens is 1. The van der Waals surface area contributed by atoms with Crippen molar-refractivity contribution in [3.8, 4) is 0 Å². The lowest BCUT2D eigenvalue weighted by atomic mass is 10.0. The minimum absolute atomic E-state index is 0.0342. The quantitative estimate of drug-likeness (QED) is 0.740. The maximum atomic E-state index is 11.7. The highest BCUT2D eigenvalue weighted by atomic mass is 35.5. The van der Waals surface area contributed by atoms with Crippen molar-refractivity contribution in [2.75, 3.05) is 57.1 Å². The molecule has 1 aromatic carbocycles. The Hall–Kier alpha value is -0.860. The number of alkyl halides is 1. The molecular weight excluding hydrogens is 338 g/mol. The first-order valence-corrected chi connectivity index (χ1v) is 9.74. The maximum absolute atomic E-state index is 11.7. The lowest BCUT2D eigenvalue weighted by molar-refractivity contribution is 0.0172. The topological polar surface area (TPSA) is 61.9 Å². The second-order valence-corrected chi connectivity index (χ2v) is 8.11. The molecule has 1 fully saturated rings. The van der Waals surface area contributed by atoms with E-state index < -0.39 is 15.2 Å². The molecule has 0 amide bonds. The normalized spacial score (nSPS) is 17.9. The molecule has 1 saturated heterocycles. The standard InChI is InChI=1S/C15H24ClN3O3S/c1-18(2)14-5-3-13(4-6-14)15(11-17-23(20,21)12-16)19-7-9-22-10-8-19/h3-6,15,17H,7-12H2,1-2H3/t15-/m1/s1. The Morgan fingerprint density at radius 3 is 2.39 bits per heavy atom. The first-order valence-electron chi connectivity index (χ1n) is 7.55. The van der Waals surface area contributed by atoms with Crippen LogP contribution in [0.1, 0.15) is 11.6 Å². The fraction of sp³-hybridized carbons (Fsp3) is 0.600. The molecule has 1 aromatic rings. The fourth-order valence-corrected chi connectivity index (χ4v) is 3.31. The zero-order chi connectivity index (χ0) is 16.9. The van der Waals surface area contributed by atoms with Crippen molar-refractivity contribution in [1.82, 2.24) is 9.62 Å². The van der Waals surface area contributed by atoms with Crippen molar-refractivity contribution in [2.24, 2.45) is 0 Å². The Morgan fingerprint density at radius 1 is 1.26 bits per heavy atom. The van der Waals surface area contributed by atoms with Gasteiger partial charge in [-0.1, -0.05) is 12.1 Å². The summed E-state index contributed by atoms with van der Waals surface area (Å²) in [4.78, 5) is 4.27. The highest BCUT2D eigenvalue weighted by molar-refractivity contribution is 7.90. The number of hydrogen-bond acceptors (Lipinski definition) is 5. The van der Waals surface area contributed by atoms with E-state index in [1.807, 2.05) is 43.3 Å².